The molecule has 9 nitrogen and oxygen atoms in total. The topological polar surface area (TPSA) is 95.1 Å². The third-order valence-corrected chi connectivity index (χ3v) is 17.3. The van der Waals surface area contributed by atoms with Crippen LogP contribution in [0.15, 0.2) is 0 Å². The number of fused-ring (bicyclic) bond motifs is 8. The van der Waals surface area contributed by atoms with Crippen LogP contribution in [0.1, 0.15) is 99.3 Å². The molecule has 8 bridgehead atoms. The van der Waals surface area contributed by atoms with E-state index < -0.39 is 0 Å². The number of hydrogen-bond donors (Lipinski definition) is 5. The lowest BCUT2D eigenvalue weighted by Gasteiger charge is -2.33. The Hall–Kier alpha value is -0.330. The van der Waals surface area contributed by atoms with Crippen molar-refractivity contribution in [3.05, 3.63) is 0 Å². The summed E-state index contributed by atoms with van der Waals surface area (Å²) in [7, 11) is 8.48. The Labute approximate surface area is 332 Å². The monoisotopic (exact) mass is 806 g/mol. The number of halogens is 1. The van der Waals surface area contributed by atoms with Crippen molar-refractivity contribution in [2.45, 2.75) is 159 Å². The summed E-state index contributed by atoms with van der Waals surface area (Å²) in [5, 5.41) is 28.9. The van der Waals surface area contributed by atoms with E-state index >= 15 is 0 Å². The highest BCUT2D eigenvalue weighted by atomic mass is 79.9. The molecule has 5 heterocycles. The van der Waals surface area contributed by atoms with E-state index in [0.717, 1.165) is 58.3 Å². The molecule has 1 amide bonds. The first kappa shape index (κ1) is 42.3. The van der Waals surface area contributed by atoms with Crippen LogP contribution in [0.25, 0.3) is 0 Å². The molecule has 1 aliphatic carbocycles. The fourth-order valence-electron chi connectivity index (χ4n) is 13.3. The van der Waals surface area contributed by atoms with Crippen LogP contribution in [0.3, 0.4) is 0 Å². The zero-order valence-electron chi connectivity index (χ0n) is 35.2. The van der Waals surface area contributed by atoms with Crippen LogP contribution in [-0.4, -0.2) is 139 Å². The normalized spacial score (nSPS) is 46.6. The van der Waals surface area contributed by atoms with Gasteiger partial charge in [-0.05, 0) is 127 Å². The Kier molecular flexibility index (Phi) is 14.4. The fraction of sp³-hybridized carbons (Fsp3) is 0.977. The summed E-state index contributed by atoms with van der Waals surface area (Å²) in [6.07, 6.45) is 8.90. The molecule has 5 N–H and O–H groups in total. The van der Waals surface area contributed by atoms with Crippen molar-refractivity contribution in [2.75, 3.05) is 54.4 Å². The average molecular weight is 807 g/mol. The SMILES string of the molecule is CCC1C2CC3NC4C(CC(O)C4C3C)C3NC(C(Br)C4NC(CC(N2)C1C)C(CC)C4C)[C@@H](C)[C@@H]3CCC(=O)N(CCCN(C)C)CCCN(C)C. The lowest BCUT2D eigenvalue weighted by atomic mass is 9.76. The number of alkyl halides is 1. The summed E-state index contributed by atoms with van der Waals surface area (Å²) >= 11 is 4.39. The Bertz CT molecular complexity index is 1180. The maximum absolute atomic E-state index is 14.1. The molecule has 6 rings (SSSR count). The maximum Gasteiger partial charge on any atom is 0.222 e. The molecule has 0 aromatic rings. The lowest BCUT2D eigenvalue weighted by Crippen LogP contribution is -2.52. The second-order valence-electron chi connectivity index (χ2n) is 19.6. The Balaban J connectivity index is 1.27. The van der Waals surface area contributed by atoms with Gasteiger partial charge in [0.05, 0.1) is 6.10 Å². The van der Waals surface area contributed by atoms with E-state index in [1.165, 1.54) is 19.3 Å². The minimum absolute atomic E-state index is 0.272. The van der Waals surface area contributed by atoms with Crippen molar-refractivity contribution in [1.29, 1.82) is 0 Å². The smallest absolute Gasteiger partial charge is 0.222 e. The summed E-state index contributed by atoms with van der Waals surface area (Å²) in [6.45, 7) is 18.4. The van der Waals surface area contributed by atoms with E-state index in [1.807, 2.05) is 0 Å². The molecule has 5 saturated heterocycles. The number of amides is 1. The summed E-state index contributed by atoms with van der Waals surface area (Å²) in [5.74, 6) is 4.83. The van der Waals surface area contributed by atoms with E-state index in [-0.39, 0.29) is 12.1 Å². The first-order valence-corrected chi connectivity index (χ1v) is 23.1. The Morgan fingerprint density at radius 3 is 1.77 bits per heavy atom. The molecule has 0 aromatic heterocycles. The zero-order chi connectivity index (χ0) is 38.3. The third kappa shape index (κ3) is 8.75. The first-order chi connectivity index (χ1) is 25.2. The Morgan fingerprint density at radius 2 is 1.17 bits per heavy atom. The largest absolute Gasteiger partial charge is 0.393 e. The van der Waals surface area contributed by atoms with Crippen molar-refractivity contribution in [2.24, 2.45) is 53.3 Å². The van der Waals surface area contributed by atoms with Gasteiger partial charge in [0.15, 0.2) is 0 Å². The number of aliphatic hydroxyl groups is 1. The lowest BCUT2D eigenvalue weighted by molar-refractivity contribution is -0.131. The maximum atomic E-state index is 14.1. The molecule has 10 heteroatoms. The summed E-state index contributed by atoms with van der Waals surface area (Å²) < 4.78 is 0. The standard InChI is InChI=1S/C43H80BrN7O2/c1-11-28-24(3)32-22-35-29(12-2)25(4)40(47-35)39(44)41-26(5)30(15-16-37(53)51(19-13-17-49(7)8)20-14-18-50(9)10)42(48-41)31-21-36(52)38-27(6)33(46-43(31)38)23-34(28)45-32/h24-36,38-43,45-48,52H,11-23H2,1-10H3/t24?,25?,26-,27?,28?,29?,30-,31?,32?,33?,34?,35?,36?,38?,39?,40?,41?,42?,43?/m0/s1. The second kappa shape index (κ2) is 18.1. The Morgan fingerprint density at radius 1 is 0.642 bits per heavy atom. The van der Waals surface area contributed by atoms with Gasteiger partial charge in [-0.2, -0.15) is 0 Å². The molecule has 0 radical (unpaired) electrons. The number of nitrogens with zero attached hydrogens (tertiary/aromatic N) is 3. The molecular weight excluding hydrogens is 726 g/mol. The number of carbonyl (C=O) groups is 1. The molecule has 19 atom stereocenters. The van der Waals surface area contributed by atoms with Crippen LogP contribution in [0.5, 0.6) is 0 Å². The molecule has 0 aromatic carbocycles. The molecular formula is C43H80BrN7O2. The summed E-state index contributed by atoms with van der Waals surface area (Å²) in [6, 6.07) is 3.30. The highest BCUT2D eigenvalue weighted by Crippen LogP contribution is 2.51. The molecule has 53 heavy (non-hydrogen) atoms. The minimum atomic E-state index is -0.272. The van der Waals surface area contributed by atoms with E-state index in [9.17, 15) is 9.90 Å². The van der Waals surface area contributed by atoms with Gasteiger partial charge in [0.2, 0.25) is 5.91 Å². The van der Waals surface area contributed by atoms with Gasteiger partial charge in [0, 0.05) is 78.6 Å². The number of aliphatic hydroxyl groups excluding tert-OH is 1. The van der Waals surface area contributed by atoms with Crippen LogP contribution >= 0.6 is 15.9 Å². The van der Waals surface area contributed by atoms with Crippen LogP contribution < -0.4 is 21.3 Å². The quantitative estimate of drug-likeness (QED) is 0.172. The van der Waals surface area contributed by atoms with Gasteiger partial charge in [-0.15, -0.1) is 0 Å². The average Bonchev–Trinajstić information content (AvgIpc) is 3.87. The second-order valence-corrected chi connectivity index (χ2v) is 20.7. The van der Waals surface area contributed by atoms with Gasteiger partial charge in [-0.3, -0.25) is 4.79 Å². The summed E-state index contributed by atoms with van der Waals surface area (Å²) in [5.41, 5.74) is 0. The number of hydrogen-bond acceptors (Lipinski definition) is 8. The predicted octanol–water partition coefficient (Wildman–Crippen LogP) is 4.63. The van der Waals surface area contributed by atoms with Crippen LogP contribution in [0.4, 0.5) is 0 Å². The van der Waals surface area contributed by atoms with Crippen molar-refractivity contribution < 1.29 is 9.90 Å². The molecule has 0 spiro atoms. The molecule has 1 saturated carbocycles. The number of nitrogens with one attached hydrogen (secondary N) is 4. The molecule has 17 unspecified atom stereocenters. The highest BCUT2D eigenvalue weighted by molar-refractivity contribution is 9.09. The summed E-state index contributed by atoms with van der Waals surface area (Å²) in [4.78, 5) is 21.0. The number of rotatable bonds is 13. The highest BCUT2D eigenvalue weighted by Gasteiger charge is 2.59. The van der Waals surface area contributed by atoms with Gasteiger partial charge in [-0.1, -0.05) is 70.3 Å². The molecule has 6 aliphatic rings. The number of carbonyl (C=O) groups excluding carboxylic acids is 1. The van der Waals surface area contributed by atoms with Crippen LogP contribution in [-0.2, 0) is 4.79 Å². The van der Waals surface area contributed by atoms with Crippen molar-refractivity contribution >= 4 is 21.8 Å². The van der Waals surface area contributed by atoms with Crippen molar-refractivity contribution in [1.82, 2.24) is 36.0 Å². The fourth-order valence-corrected chi connectivity index (χ4v) is 14.5. The van der Waals surface area contributed by atoms with Gasteiger partial charge in [0.25, 0.3) is 0 Å². The zero-order valence-corrected chi connectivity index (χ0v) is 36.8. The van der Waals surface area contributed by atoms with Gasteiger partial charge >= 0.3 is 0 Å². The van der Waals surface area contributed by atoms with Gasteiger partial charge < -0.3 is 41.1 Å². The van der Waals surface area contributed by atoms with Crippen LogP contribution in [0, 0.1) is 53.3 Å². The molecule has 5 aliphatic heterocycles. The van der Waals surface area contributed by atoms with Crippen LogP contribution in [0.2, 0.25) is 0 Å². The van der Waals surface area contributed by atoms with Crippen molar-refractivity contribution in [3.8, 4) is 0 Å². The van der Waals surface area contributed by atoms with E-state index in [1.54, 1.807) is 0 Å². The third-order valence-electron chi connectivity index (χ3n) is 16.2. The molecule has 306 valence electrons. The van der Waals surface area contributed by atoms with E-state index in [2.05, 4.69) is 122 Å². The minimum Gasteiger partial charge on any atom is -0.393 e. The van der Waals surface area contributed by atoms with Gasteiger partial charge in [-0.25, -0.2) is 0 Å². The van der Waals surface area contributed by atoms with E-state index in [0.29, 0.717) is 113 Å². The van der Waals surface area contributed by atoms with Crippen molar-refractivity contribution in [3.63, 3.8) is 0 Å². The van der Waals surface area contributed by atoms with E-state index in [4.69, 9.17) is 0 Å². The first-order valence-electron chi connectivity index (χ1n) is 22.2. The predicted molar refractivity (Wildman–Crippen MR) is 222 cm³/mol. The molecule has 6 fully saturated rings. The van der Waals surface area contributed by atoms with Gasteiger partial charge in [0.1, 0.15) is 0 Å².